The number of benzene rings is 2. The molecule has 0 unspecified atom stereocenters. The van der Waals surface area contributed by atoms with Gasteiger partial charge in [-0.25, -0.2) is 13.6 Å². The molecule has 2 heterocycles. The average molecular weight is 351 g/mol. The minimum atomic E-state index is -0.696. The number of amides is 1. The molecule has 6 heteroatoms. The predicted octanol–water partition coefficient (Wildman–Crippen LogP) is 4.52. The number of halogens is 2. The lowest BCUT2D eigenvalue weighted by molar-refractivity contribution is 0.249. The van der Waals surface area contributed by atoms with E-state index in [0.29, 0.717) is 29.1 Å². The summed E-state index contributed by atoms with van der Waals surface area (Å²) in [6.45, 7) is 3.83. The SMILES string of the molecule is CCc1nn2c(c1-c1ccc(F)cc1F)C(c1ccc(C)cc1)=NC2=O. The first-order chi connectivity index (χ1) is 12.5. The van der Waals surface area contributed by atoms with Crippen molar-refractivity contribution in [2.24, 2.45) is 4.99 Å². The summed E-state index contributed by atoms with van der Waals surface area (Å²) in [5, 5.41) is 4.32. The molecule has 1 aliphatic rings. The Morgan fingerprint density at radius 2 is 1.81 bits per heavy atom. The van der Waals surface area contributed by atoms with Crippen LogP contribution in [0.4, 0.5) is 13.6 Å². The molecule has 3 aromatic rings. The van der Waals surface area contributed by atoms with Crippen LogP contribution in [0.25, 0.3) is 11.1 Å². The lowest BCUT2D eigenvalue weighted by atomic mass is 9.96. The number of fused-ring (bicyclic) bond motifs is 1. The first-order valence-electron chi connectivity index (χ1n) is 8.27. The maximum absolute atomic E-state index is 14.5. The first-order valence-corrected chi connectivity index (χ1v) is 8.27. The van der Waals surface area contributed by atoms with Crippen LogP contribution in [0.2, 0.25) is 0 Å². The molecule has 1 amide bonds. The molecule has 0 radical (unpaired) electrons. The topological polar surface area (TPSA) is 47.2 Å². The highest BCUT2D eigenvalue weighted by atomic mass is 19.1. The minimum Gasteiger partial charge on any atom is -0.244 e. The molecular formula is C20H15F2N3O. The van der Waals surface area contributed by atoms with Crippen LogP contribution < -0.4 is 0 Å². The number of hydrogen-bond acceptors (Lipinski definition) is 2. The molecule has 2 aromatic carbocycles. The summed E-state index contributed by atoms with van der Waals surface area (Å²) in [4.78, 5) is 16.4. The summed E-state index contributed by atoms with van der Waals surface area (Å²) < 4.78 is 29.0. The highest BCUT2D eigenvalue weighted by Crippen LogP contribution is 2.34. The fourth-order valence-corrected chi connectivity index (χ4v) is 3.15. The van der Waals surface area contributed by atoms with Gasteiger partial charge in [-0.1, -0.05) is 36.8 Å². The lowest BCUT2D eigenvalue weighted by Gasteiger charge is -2.08. The molecule has 0 aliphatic carbocycles. The summed E-state index contributed by atoms with van der Waals surface area (Å²) in [7, 11) is 0. The third-order valence-electron chi connectivity index (χ3n) is 4.43. The van der Waals surface area contributed by atoms with Gasteiger partial charge in [0.2, 0.25) is 0 Å². The number of aromatic nitrogens is 2. The number of carbonyl (C=O) groups is 1. The van der Waals surface area contributed by atoms with Crippen molar-refractivity contribution in [2.75, 3.05) is 0 Å². The number of aryl methyl sites for hydroxylation is 2. The van der Waals surface area contributed by atoms with E-state index >= 15 is 0 Å². The number of carbonyl (C=O) groups excluding carboxylic acids is 1. The van der Waals surface area contributed by atoms with Gasteiger partial charge in [-0.05, 0) is 25.5 Å². The maximum atomic E-state index is 14.5. The Bertz CT molecular complexity index is 1070. The average Bonchev–Trinajstić information content (AvgIpc) is 3.14. The van der Waals surface area contributed by atoms with Gasteiger partial charge in [-0.3, -0.25) is 0 Å². The molecule has 0 saturated heterocycles. The summed E-state index contributed by atoms with van der Waals surface area (Å²) in [6.07, 6.45) is 0.501. The third-order valence-corrected chi connectivity index (χ3v) is 4.43. The van der Waals surface area contributed by atoms with Crippen LogP contribution in [0, 0.1) is 18.6 Å². The van der Waals surface area contributed by atoms with E-state index in [0.717, 1.165) is 17.2 Å². The molecule has 0 fully saturated rings. The van der Waals surface area contributed by atoms with E-state index in [1.807, 2.05) is 38.1 Å². The van der Waals surface area contributed by atoms with E-state index in [-0.39, 0.29) is 5.56 Å². The number of aliphatic imine (C=N–C) groups is 1. The molecule has 130 valence electrons. The zero-order chi connectivity index (χ0) is 18.4. The molecule has 0 atom stereocenters. The maximum Gasteiger partial charge on any atom is 0.369 e. The van der Waals surface area contributed by atoms with Crippen molar-refractivity contribution >= 4 is 11.7 Å². The van der Waals surface area contributed by atoms with Gasteiger partial charge in [0, 0.05) is 22.8 Å². The van der Waals surface area contributed by atoms with Crippen LogP contribution in [0.5, 0.6) is 0 Å². The predicted molar refractivity (Wildman–Crippen MR) is 94.6 cm³/mol. The van der Waals surface area contributed by atoms with Gasteiger partial charge < -0.3 is 0 Å². The van der Waals surface area contributed by atoms with E-state index in [2.05, 4.69) is 10.1 Å². The Hall–Kier alpha value is -3.15. The Morgan fingerprint density at radius 3 is 2.46 bits per heavy atom. The number of rotatable bonds is 3. The minimum absolute atomic E-state index is 0.207. The second-order valence-corrected chi connectivity index (χ2v) is 6.17. The molecule has 0 bridgehead atoms. The molecule has 26 heavy (non-hydrogen) atoms. The van der Waals surface area contributed by atoms with E-state index in [1.54, 1.807) is 0 Å². The quantitative estimate of drug-likeness (QED) is 0.697. The van der Waals surface area contributed by atoms with Crippen molar-refractivity contribution in [1.29, 1.82) is 0 Å². The molecule has 0 N–H and O–H groups in total. The molecule has 4 nitrogen and oxygen atoms in total. The monoisotopic (exact) mass is 351 g/mol. The van der Waals surface area contributed by atoms with Crippen LogP contribution in [0.15, 0.2) is 47.5 Å². The van der Waals surface area contributed by atoms with E-state index in [9.17, 15) is 13.6 Å². The van der Waals surface area contributed by atoms with Gasteiger partial charge >= 0.3 is 6.03 Å². The fourth-order valence-electron chi connectivity index (χ4n) is 3.15. The summed E-state index contributed by atoms with van der Waals surface area (Å²) in [5.74, 6) is -1.35. The van der Waals surface area contributed by atoms with Crippen LogP contribution in [-0.2, 0) is 6.42 Å². The highest BCUT2D eigenvalue weighted by molar-refractivity contribution is 6.23. The van der Waals surface area contributed by atoms with Crippen LogP contribution in [0.3, 0.4) is 0 Å². The summed E-state index contributed by atoms with van der Waals surface area (Å²) in [6, 6.07) is 10.4. The van der Waals surface area contributed by atoms with Gasteiger partial charge in [0.1, 0.15) is 23.0 Å². The summed E-state index contributed by atoms with van der Waals surface area (Å²) in [5.41, 5.74) is 3.97. The number of nitrogens with zero attached hydrogens (tertiary/aromatic N) is 3. The Kier molecular flexibility index (Phi) is 3.76. The second-order valence-electron chi connectivity index (χ2n) is 6.17. The smallest absolute Gasteiger partial charge is 0.244 e. The summed E-state index contributed by atoms with van der Waals surface area (Å²) >= 11 is 0. The number of hydrogen-bond donors (Lipinski definition) is 0. The van der Waals surface area contributed by atoms with Crippen molar-refractivity contribution in [3.63, 3.8) is 0 Å². The Labute approximate surface area is 148 Å². The van der Waals surface area contributed by atoms with E-state index in [1.165, 1.54) is 16.8 Å². The van der Waals surface area contributed by atoms with Gasteiger partial charge in [0.25, 0.3) is 0 Å². The van der Waals surface area contributed by atoms with Gasteiger partial charge in [-0.15, -0.1) is 0 Å². The van der Waals surface area contributed by atoms with E-state index in [4.69, 9.17) is 0 Å². The largest absolute Gasteiger partial charge is 0.369 e. The van der Waals surface area contributed by atoms with E-state index < -0.39 is 17.7 Å². The second kappa shape index (κ2) is 5.98. The van der Waals surface area contributed by atoms with Crippen molar-refractivity contribution < 1.29 is 13.6 Å². The fraction of sp³-hybridized carbons (Fsp3) is 0.150. The van der Waals surface area contributed by atoms with Crippen molar-refractivity contribution in [1.82, 2.24) is 9.78 Å². The van der Waals surface area contributed by atoms with Crippen molar-refractivity contribution in [3.8, 4) is 11.1 Å². The highest BCUT2D eigenvalue weighted by Gasteiger charge is 2.32. The Balaban J connectivity index is 1.98. The van der Waals surface area contributed by atoms with Crippen LogP contribution in [-0.4, -0.2) is 21.5 Å². The van der Waals surface area contributed by atoms with Gasteiger partial charge in [0.05, 0.1) is 5.69 Å². The molecule has 0 spiro atoms. The van der Waals surface area contributed by atoms with Gasteiger partial charge in [0.15, 0.2) is 0 Å². The van der Waals surface area contributed by atoms with Gasteiger partial charge in [-0.2, -0.15) is 14.8 Å². The zero-order valence-corrected chi connectivity index (χ0v) is 14.3. The standard InChI is InChI=1S/C20H15F2N3O/c1-3-16-17(14-9-8-13(21)10-15(14)22)19-18(23-20(26)25(19)24-16)12-6-4-11(2)5-7-12/h4-10H,3H2,1-2H3. The molecule has 4 rings (SSSR count). The normalized spacial score (nSPS) is 13.1. The Morgan fingerprint density at radius 1 is 1.08 bits per heavy atom. The molecule has 1 aromatic heterocycles. The molecule has 0 saturated carbocycles. The molecule has 1 aliphatic heterocycles. The third kappa shape index (κ3) is 2.45. The molecular weight excluding hydrogens is 336 g/mol. The van der Waals surface area contributed by atoms with Crippen molar-refractivity contribution in [3.05, 3.63) is 76.6 Å². The zero-order valence-electron chi connectivity index (χ0n) is 14.3. The van der Waals surface area contributed by atoms with Crippen LogP contribution >= 0.6 is 0 Å². The van der Waals surface area contributed by atoms with Crippen molar-refractivity contribution in [2.45, 2.75) is 20.3 Å². The first kappa shape index (κ1) is 16.3. The van der Waals surface area contributed by atoms with Crippen LogP contribution in [0.1, 0.15) is 29.4 Å². The lowest BCUT2D eigenvalue weighted by Crippen LogP contribution is -2.07.